The Balaban J connectivity index is 0.00000169. The predicted octanol–water partition coefficient (Wildman–Crippen LogP) is 1.71. The fourth-order valence-electron chi connectivity index (χ4n) is 2.14. The van der Waals surface area contributed by atoms with Crippen LogP contribution in [0.1, 0.15) is 46.5 Å². The summed E-state index contributed by atoms with van der Waals surface area (Å²) in [5, 5.41) is 0. The number of hydrogen-bond acceptors (Lipinski definition) is 2. The van der Waals surface area contributed by atoms with Crippen LogP contribution in [-0.4, -0.2) is 41.1 Å². The quantitative estimate of drug-likeness (QED) is 0.644. The summed E-state index contributed by atoms with van der Waals surface area (Å²) in [5.74, 6) is 0.422. The molecule has 0 heterocycles. The maximum absolute atomic E-state index is 11.8. The molecule has 0 aromatic rings. The number of rotatable bonds is 2. The molecule has 0 spiro atoms. The second kappa shape index (κ2) is 5.43. The summed E-state index contributed by atoms with van der Waals surface area (Å²) < 4.78 is 0. The van der Waals surface area contributed by atoms with E-state index in [-0.39, 0.29) is 52.5 Å². The van der Waals surface area contributed by atoms with Crippen LogP contribution in [0, 0.1) is 11.3 Å². The van der Waals surface area contributed by atoms with Crippen molar-refractivity contribution in [2.24, 2.45) is 11.3 Å². The zero-order valence-corrected chi connectivity index (χ0v) is 8.72. The van der Waals surface area contributed by atoms with Gasteiger partial charge in [0.2, 0.25) is 0 Å². The number of ketones is 2. The first-order chi connectivity index (χ1) is 5.93. The van der Waals surface area contributed by atoms with E-state index in [1.54, 1.807) is 6.92 Å². The van der Waals surface area contributed by atoms with Crippen molar-refractivity contribution in [1.29, 1.82) is 0 Å². The molecule has 1 unspecified atom stereocenters. The van der Waals surface area contributed by atoms with E-state index in [0.717, 1.165) is 19.3 Å². The molecule has 1 aliphatic carbocycles. The van der Waals surface area contributed by atoms with Crippen LogP contribution >= 0.6 is 0 Å². The molecule has 14 heavy (non-hydrogen) atoms. The molecule has 0 aliphatic heterocycles. The van der Waals surface area contributed by atoms with E-state index >= 15 is 0 Å². The van der Waals surface area contributed by atoms with E-state index in [0.29, 0.717) is 6.42 Å². The number of hydrogen-bond donors (Lipinski definition) is 0. The molecule has 1 fully saturated rings. The van der Waals surface area contributed by atoms with Crippen molar-refractivity contribution in [3.05, 3.63) is 0 Å². The Labute approximate surface area is 108 Å². The van der Waals surface area contributed by atoms with Gasteiger partial charge in [-0.1, -0.05) is 20.3 Å². The first-order valence-electron chi connectivity index (χ1n) is 4.97. The van der Waals surface area contributed by atoms with Gasteiger partial charge in [-0.25, -0.2) is 0 Å². The minimum atomic E-state index is -0.196. The van der Waals surface area contributed by atoms with Gasteiger partial charge in [-0.2, -0.15) is 0 Å². The van der Waals surface area contributed by atoms with Gasteiger partial charge in [0, 0.05) is 17.8 Å². The molecule has 0 radical (unpaired) electrons. The Hall–Kier alpha value is 0.340. The zero-order chi connectivity index (χ0) is 10.1. The van der Waals surface area contributed by atoms with Gasteiger partial charge in [-0.05, 0) is 19.8 Å². The van der Waals surface area contributed by atoms with Crippen molar-refractivity contribution in [1.82, 2.24) is 0 Å². The third kappa shape index (κ3) is 3.48. The van der Waals surface area contributed by atoms with Crippen molar-refractivity contribution in [2.45, 2.75) is 46.5 Å². The fourth-order valence-corrected chi connectivity index (χ4v) is 2.14. The van der Waals surface area contributed by atoms with E-state index in [2.05, 4.69) is 0 Å². The molecule has 1 saturated carbocycles. The molecule has 0 bridgehead atoms. The zero-order valence-electron chi connectivity index (χ0n) is 8.72. The predicted molar refractivity (Wildman–Crippen MR) is 58.6 cm³/mol. The van der Waals surface area contributed by atoms with Crippen molar-refractivity contribution < 1.29 is 9.59 Å². The fraction of sp³-hybridized carbons (Fsp3) is 0.818. The van der Waals surface area contributed by atoms with Crippen LogP contribution in [0.5, 0.6) is 0 Å². The Morgan fingerprint density at radius 1 is 1.50 bits per heavy atom. The molecule has 0 amide bonds. The van der Waals surface area contributed by atoms with Crippen LogP contribution in [0.4, 0.5) is 0 Å². The van der Waals surface area contributed by atoms with Crippen molar-refractivity contribution in [3.8, 4) is 0 Å². The third-order valence-corrected chi connectivity index (χ3v) is 2.93. The summed E-state index contributed by atoms with van der Waals surface area (Å²) in [6.45, 7) is 5.54. The van der Waals surface area contributed by atoms with Gasteiger partial charge in [0.15, 0.2) is 0 Å². The van der Waals surface area contributed by atoms with Crippen LogP contribution in [0.3, 0.4) is 0 Å². The van der Waals surface area contributed by atoms with Gasteiger partial charge < -0.3 is 4.79 Å². The van der Waals surface area contributed by atoms with E-state index in [4.69, 9.17) is 0 Å². The van der Waals surface area contributed by atoms with Crippen molar-refractivity contribution >= 4 is 41.1 Å². The summed E-state index contributed by atoms with van der Waals surface area (Å²) >= 11 is 0. The first-order valence-corrected chi connectivity index (χ1v) is 4.97. The molecular formula is C11H19NaO2. The van der Waals surface area contributed by atoms with E-state index < -0.39 is 0 Å². The summed E-state index contributed by atoms with van der Waals surface area (Å²) in [4.78, 5) is 22.7. The molecule has 2 nitrogen and oxygen atoms in total. The summed E-state index contributed by atoms with van der Waals surface area (Å²) in [6, 6.07) is 0. The second-order valence-corrected chi connectivity index (χ2v) is 4.74. The SMILES string of the molecule is CC(=O)CC1CCCC(C)(C)C1=O.[NaH]. The van der Waals surface area contributed by atoms with Gasteiger partial charge in [0.25, 0.3) is 0 Å². The molecule has 3 heteroatoms. The molecule has 76 valence electrons. The summed E-state index contributed by atoms with van der Waals surface area (Å²) in [7, 11) is 0. The number of carbonyl (C=O) groups excluding carboxylic acids is 2. The molecule has 0 saturated heterocycles. The normalized spacial score (nSPS) is 25.4. The molecule has 0 aromatic heterocycles. The Kier molecular flexibility index (Phi) is 5.56. The third-order valence-electron chi connectivity index (χ3n) is 2.93. The van der Waals surface area contributed by atoms with Gasteiger partial charge in [-0.15, -0.1) is 0 Å². The van der Waals surface area contributed by atoms with Crippen molar-refractivity contribution in [2.75, 3.05) is 0 Å². The first kappa shape index (κ1) is 14.3. The molecule has 0 N–H and O–H groups in total. The van der Waals surface area contributed by atoms with Gasteiger partial charge in [0.05, 0.1) is 0 Å². The van der Waals surface area contributed by atoms with Crippen LogP contribution in [-0.2, 0) is 9.59 Å². The average Bonchev–Trinajstić information content (AvgIpc) is 1.98. The van der Waals surface area contributed by atoms with Gasteiger partial charge in [0.1, 0.15) is 11.6 Å². The minimum absolute atomic E-state index is 0. The van der Waals surface area contributed by atoms with Gasteiger partial charge >= 0.3 is 29.6 Å². The summed E-state index contributed by atoms with van der Waals surface area (Å²) in [5.41, 5.74) is -0.196. The van der Waals surface area contributed by atoms with E-state index in [1.807, 2.05) is 13.8 Å². The van der Waals surface area contributed by atoms with Gasteiger partial charge in [-0.3, -0.25) is 4.79 Å². The Morgan fingerprint density at radius 2 is 2.07 bits per heavy atom. The van der Waals surface area contributed by atoms with Crippen LogP contribution in [0.2, 0.25) is 0 Å². The monoisotopic (exact) mass is 206 g/mol. The summed E-state index contributed by atoms with van der Waals surface area (Å²) in [6.07, 6.45) is 3.40. The van der Waals surface area contributed by atoms with Crippen molar-refractivity contribution in [3.63, 3.8) is 0 Å². The number of carbonyl (C=O) groups is 2. The standard InChI is InChI=1S/C11H18O2.Na.H/c1-8(12)7-9-5-4-6-11(2,3)10(9)13;;/h9H,4-7H2,1-3H3;;. The molecule has 1 aliphatic rings. The molecule has 0 aromatic carbocycles. The maximum atomic E-state index is 11.8. The molecule has 1 rings (SSSR count). The Morgan fingerprint density at radius 3 is 2.57 bits per heavy atom. The van der Waals surface area contributed by atoms with E-state index in [9.17, 15) is 9.59 Å². The average molecular weight is 206 g/mol. The number of Topliss-reactive ketones (excluding diaryl/α,β-unsaturated/α-hetero) is 2. The van der Waals surface area contributed by atoms with Crippen LogP contribution in [0.15, 0.2) is 0 Å². The second-order valence-electron chi connectivity index (χ2n) is 4.74. The topological polar surface area (TPSA) is 34.1 Å². The van der Waals surface area contributed by atoms with E-state index in [1.165, 1.54) is 0 Å². The Bertz CT molecular complexity index is 233. The molecule has 1 atom stereocenters. The van der Waals surface area contributed by atoms with Crippen LogP contribution < -0.4 is 0 Å². The molecular weight excluding hydrogens is 187 g/mol. The van der Waals surface area contributed by atoms with Crippen LogP contribution in [0.25, 0.3) is 0 Å².